The number of carbonyl (C=O) groups excluding carboxylic acids is 1. The van der Waals surface area contributed by atoms with Crippen molar-refractivity contribution in [3.63, 3.8) is 0 Å². The third-order valence-electron chi connectivity index (χ3n) is 5.95. The van der Waals surface area contributed by atoms with E-state index in [1.165, 1.54) is 6.07 Å². The molecule has 7 nitrogen and oxygen atoms in total. The first-order chi connectivity index (χ1) is 16.1. The highest BCUT2D eigenvalue weighted by Crippen LogP contribution is 2.32. The number of halogens is 4. The zero-order valence-corrected chi connectivity index (χ0v) is 19.4. The molecule has 1 aromatic carbocycles. The molecule has 4 rings (SSSR count). The van der Waals surface area contributed by atoms with Crippen LogP contribution in [0.2, 0.25) is 5.02 Å². The van der Waals surface area contributed by atoms with Crippen LogP contribution in [0.25, 0.3) is 0 Å². The number of amides is 2. The maximum absolute atomic E-state index is 13.1. The lowest BCUT2D eigenvalue weighted by Crippen LogP contribution is -2.41. The molecule has 180 valence electrons. The molecule has 1 saturated heterocycles. The van der Waals surface area contributed by atoms with Crippen molar-refractivity contribution < 1.29 is 18.0 Å². The minimum Gasteiger partial charge on any atom is -0.331 e. The van der Waals surface area contributed by atoms with E-state index >= 15 is 0 Å². The number of hydrogen-bond donors (Lipinski definition) is 1. The van der Waals surface area contributed by atoms with Crippen LogP contribution >= 0.6 is 11.6 Å². The van der Waals surface area contributed by atoms with Gasteiger partial charge in [0.1, 0.15) is 11.5 Å². The van der Waals surface area contributed by atoms with Gasteiger partial charge in [0.05, 0.1) is 18.6 Å². The quantitative estimate of drug-likeness (QED) is 0.523. The van der Waals surface area contributed by atoms with Crippen LogP contribution in [0.15, 0.2) is 42.6 Å². The van der Waals surface area contributed by atoms with Gasteiger partial charge >= 0.3 is 12.2 Å². The molecule has 2 aromatic heterocycles. The summed E-state index contributed by atoms with van der Waals surface area (Å²) < 4.78 is 40.3. The van der Waals surface area contributed by atoms with Gasteiger partial charge in [-0.3, -0.25) is 4.98 Å². The van der Waals surface area contributed by atoms with E-state index in [-0.39, 0.29) is 12.1 Å². The van der Waals surface area contributed by atoms with E-state index in [0.717, 1.165) is 36.5 Å². The maximum Gasteiger partial charge on any atom is 0.433 e. The highest BCUT2D eigenvalue weighted by atomic mass is 35.5. The van der Waals surface area contributed by atoms with Gasteiger partial charge < -0.3 is 14.8 Å². The summed E-state index contributed by atoms with van der Waals surface area (Å²) in [6.07, 6.45) is -1.82. The van der Waals surface area contributed by atoms with Crippen molar-refractivity contribution in [2.24, 2.45) is 0 Å². The second kappa shape index (κ2) is 9.61. The van der Waals surface area contributed by atoms with Gasteiger partial charge in [-0.1, -0.05) is 29.8 Å². The number of alkyl halides is 3. The summed E-state index contributed by atoms with van der Waals surface area (Å²) in [5.74, 6) is 1.44. The molecule has 2 amide bonds. The SMILES string of the molecule is Cc1nnc([C@H]2CCCN2C(=O)N[C@H](C)c2ccc(C(F)(F)F)nc2)n1Cc1ccc(Cl)cc1. The first-order valence-corrected chi connectivity index (χ1v) is 11.3. The number of hydrogen-bond acceptors (Lipinski definition) is 4. The third kappa shape index (κ3) is 5.16. The van der Waals surface area contributed by atoms with Gasteiger partial charge in [0, 0.05) is 17.8 Å². The molecule has 34 heavy (non-hydrogen) atoms. The zero-order valence-electron chi connectivity index (χ0n) is 18.7. The number of rotatable bonds is 5. The van der Waals surface area contributed by atoms with Crippen LogP contribution < -0.4 is 5.32 Å². The van der Waals surface area contributed by atoms with Crippen molar-refractivity contribution in [3.8, 4) is 0 Å². The van der Waals surface area contributed by atoms with Crippen LogP contribution in [0, 0.1) is 6.92 Å². The number of nitrogens with zero attached hydrogens (tertiary/aromatic N) is 5. The van der Waals surface area contributed by atoms with Gasteiger partial charge in [-0.05, 0) is 56.0 Å². The number of likely N-dealkylation sites (tertiary alicyclic amines) is 1. The Morgan fingerprint density at radius 2 is 1.94 bits per heavy atom. The van der Waals surface area contributed by atoms with Crippen LogP contribution in [0.1, 0.15) is 60.3 Å². The zero-order chi connectivity index (χ0) is 24.5. The number of aromatic nitrogens is 4. The number of pyridine rings is 1. The average Bonchev–Trinajstić information content (AvgIpc) is 3.42. The molecule has 0 radical (unpaired) electrons. The van der Waals surface area contributed by atoms with Crippen molar-refractivity contribution in [2.45, 2.75) is 51.5 Å². The molecule has 1 fully saturated rings. The van der Waals surface area contributed by atoms with E-state index in [0.29, 0.717) is 29.5 Å². The Bertz CT molecular complexity index is 1150. The summed E-state index contributed by atoms with van der Waals surface area (Å²) in [4.78, 5) is 18.3. The second-order valence-corrected chi connectivity index (χ2v) is 8.75. The van der Waals surface area contributed by atoms with Crippen LogP contribution in [0.4, 0.5) is 18.0 Å². The van der Waals surface area contributed by atoms with Crippen molar-refractivity contribution in [2.75, 3.05) is 6.54 Å². The van der Waals surface area contributed by atoms with E-state index in [2.05, 4.69) is 20.5 Å². The second-order valence-electron chi connectivity index (χ2n) is 8.32. The van der Waals surface area contributed by atoms with Crippen LogP contribution in [0.5, 0.6) is 0 Å². The molecule has 1 aliphatic rings. The first kappa shape index (κ1) is 24.0. The fourth-order valence-electron chi connectivity index (χ4n) is 4.07. The topological polar surface area (TPSA) is 75.9 Å². The van der Waals surface area contributed by atoms with Gasteiger partial charge in [-0.15, -0.1) is 10.2 Å². The van der Waals surface area contributed by atoms with E-state index in [1.54, 1.807) is 11.8 Å². The molecular formula is C23H24ClF3N6O. The molecule has 0 bridgehead atoms. The largest absolute Gasteiger partial charge is 0.433 e. The van der Waals surface area contributed by atoms with Gasteiger partial charge in [-0.25, -0.2) is 4.79 Å². The highest BCUT2D eigenvalue weighted by molar-refractivity contribution is 6.30. The lowest BCUT2D eigenvalue weighted by atomic mass is 10.1. The summed E-state index contributed by atoms with van der Waals surface area (Å²) in [5.41, 5.74) is 0.551. The standard InChI is InChI=1S/C23H24ClF3N6O/c1-14(17-7-10-20(28-12-17)23(25,26)27)29-22(34)32-11-3-4-19(32)21-31-30-15(2)33(21)13-16-5-8-18(24)9-6-16/h5-10,12,14,19H,3-4,11,13H2,1-2H3,(H,29,34)/t14-,19-/m1/s1. The Kier molecular flexibility index (Phi) is 6.79. The molecule has 0 unspecified atom stereocenters. The predicted molar refractivity (Wildman–Crippen MR) is 120 cm³/mol. The van der Waals surface area contributed by atoms with E-state index in [1.807, 2.05) is 35.8 Å². The maximum atomic E-state index is 13.1. The smallest absolute Gasteiger partial charge is 0.331 e. The van der Waals surface area contributed by atoms with Crippen molar-refractivity contribution in [1.82, 2.24) is 30.0 Å². The van der Waals surface area contributed by atoms with Crippen molar-refractivity contribution in [1.29, 1.82) is 0 Å². The lowest BCUT2D eigenvalue weighted by Gasteiger charge is -2.27. The van der Waals surface area contributed by atoms with Crippen LogP contribution in [-0.2, 0) is 12.7 Å². The molecular weight excluding hydrogens is 469 g/mol. The fraction of sp³-hybridized carbons (Fsp3) is 0.391. The summed E-state index contributed by atoms with van der Waals surface area (Å²) in [6, 6.07) is 8.67. The predicted octanol–water partition coefficient (Wildman–Crippen LogP) is 5.31. The Hall–Kier alpha value is -3.14. The van der Waals surface area contributed by atoms with E-state index in [9.17, 15) is 18.0 Å². The summed E-state index contributed by atoms with van der Waals surface area (Å²) in [6.45, 7) is 4.66. The average molecular weight is 493 g/mol. The summed E-state index contributed by atoms with van der Waals surface area (Å²) in [5, 5.41) is 12.1. The molecule has 1 N–H and O–H groups in total. The monoisotopic (exact) mass is 492 g/mol. The number of urea groups is 1. The number of benzene rings is 1. The molecule has 2 atom stereocenters. The first-order valence-electron chi connectivity index (χ1n) is 10.9. The third-order valence-corrected chi connectivity index (χ3v) is 6.20. The molecule has 0 saturated carbocycles. The summed E-state index contributed by atoms with van der Waals surface area (Å²) >= 11 is 5.99. The molecule has 1 aliphatic heterocycles. The number of nitrogens with one attached hydrogen (secondary N) is 1. The van der Waals surface area contributed by atoms with Crippen LogP contribution in [0.3, 0.4) is 0 Å². The van der Waals surface area contributed by atoms with Crippen molar-refractivity contribution in [3.05, 3.63) is 76.1 Å². The molecule has 3 heterocycles. The minimum atomic E-state index is -4.51. The Labute approximate surface area is 200 Å². The van der Waals surface area contributed by atoms with Gasteiger partial charge in [0.2, 0.25) is 0 Å². The van der Waals surface area contributed by atoms with Gasteiger partial charge in [-0.2, -0.15) is 13.2 Å². The van der Waals surface area contributed by atoms with Gasteiger partial charge in [0.15, 0.2) is 5.82 Å². The summed E-state index contributed by atoms with van der Waals surface area (Å²) in [7, 11) is 0. The van der Waals surface area contributed by atoms with Crippen LogP contribution in [-0.4, -0.2) is 37.2 Å². The molecule has 3 aromatic rings. The minimum absolute atomic E-state index is 0.258. The molecule has 11 heteroatoms. The van der Waals surface area contributed by atoms with Crippen molar-refractivity contribution >= 4 is 17.6 Å². The highest BCUT2D eigenvalue weighted by Gasteiger charge is 2.35. The van der Waals surface area contributed by atoms with E-state index in [4.69, 9.17) is 11.6 Å². The van der Waals surface area contributed by atoms with E-state index < -0.39 is 17.9 Å². The Balaban J connectivity index is 1.48. The number of aryl methyl sites for hydroxylation is 1. The normalized spacial score (nSPS) is 17.1. The van der Waals surface area contributed by atoms with Gasteiger partial charge in [0.25, 0.3) is 0 Å². The Morgan fingerprint density at radius 3 is 2.59 bits per heavy atom. The lowest BCUT2D eigenvalue weighted by molar-refractivity contribution is -0.141. The Morgan fingerprint density at radius 1 is 1.21 bits per heavy atom. The molecule has 0 aliphatic carbocycles. The number of carbonyl (C=O) groups is 1. The molecule has 0 spiro atoms. The fourth-order valence-corrected chi connectivity index (χ4v) is 4.20.